The summed E-state index contributed by atoms with van der Waals surface area (Å²) >= 11 is 0. The average molecular weight is 278 g/mol. The molecule has 0 aliphatic carbocycles. The zero-order valence-corrected chi connectivity index (χ0v) is 12.0. The van der Waals surface area contributed by atoms with Crippen LogP contribution < -0.4 is 4.74 Å². The van der Waals surface area contributed by atoms with Crippen LogP contribution in [-0.2, 0) is 20.7 Å². The highest BCUT2D eigenvalue weighted by Crippen LogP contribution is 2.16. The Balaban J connectivity index is 1.66. The number of rotatable bonds is 6. The van der Waals surface area contributed by atoms with E-state index in [9.17, 15) is 4.79 Å². The quantitative estimate of drug-likeness (QED) is 0.592. The number of carbonyl (C=O) groups excluding carboxylic acids is 1. The molecular formula is C16H22O4. The van der Waals surface area contributed by atoms with Crippen LogP contribution in [-0.4, -0.2) is 32.9 Å². The Morgan fingerprint density at radius 3 is 3.10 bits per heavy atom. The van der Waals surface area contributed by atoms with Crippen molar-refractivity contribution in [3.05, 3.63) is 29.8 Å². The highest BCUT2D eigenvalue weighted by Gasteiger charge is 2.22. The molecule has 1 aromatic rings. The summed E-state index contributed by atoms with van der Waals surface area (Å²) in [6.45, 7) is 1.74. The number of methoxy groups -OCH3 is 1. The van der Waals surface area contributed by atoms with Crippen LogP contribution >= 0.6 is 0 Å². The monoisotopic (exact) mass is 278 g/mol. The van der Waals surface area contributed by atoms with Crippen molar-refractivity contribution >= 4 is 5.97 Å². The van der Waals surface area contributed by atoms with Crippen molar-refractivity contribution in [1.82, 2.24) is 0 Å². The van der Waals surface area contributed by atoms with Gasteiger partial charge in [0, 0.05) is 6.61 Å². The second-order valence-corrected chi connectivity index (χ2v) is 5.04. The van der Waals surface area contributed by atoms with Gasteiger partial charge in [0.25, 0.3) is 0 Å². The molecule has 1 fully saturated rings. The molecule has 0 amide bonds. The van der Waals surface area contributed by atoms with Crippen LogP contribution in [0.15, 0.2) is 24.3 Å². The number of ether oxygens (including phenoxy) is 3. The first kappa shape index (κ1) is 14.9. The van der Waals surface area contributed by atoms with Crippen molar-refractivity contribution in [3.8, 4) is 5.75 Å². The average Bonchev–Trinajstić information content (AvgIpc) is 2.52. The smallest absolute Gasteiger partial charge is 0.311 e. The topological polar surface area (TPSA) is 44.8 Å². The van der Waals surface area contributed by atoms with E-state index in [-0.39, 0.29) is 11.9 Å². The van der Waals surface area contributed by atoms with Crippen LogP contribution in [0.2, 0.25) is 0 Å². The fourth-order valence-corrected chi connectivity index (χ4v) is 2.32. The Labute approximate surface area is 120 Å². The summed E-state index contributed by atoms with van der Waals surface area (Å²) in [5.41, 5.74) is 1.20. The van der Waals surface area contributed by atoms with E-state index in [1.165, 1.54) is 5.56 Å². The highest BCUT2D eigenvalue weighted by atomic mass is 16.5. The minimum absolute atomic E-state index is 0.0689. The molecule has 110 valence electrons. The van der Waals surface area contributed by atoms with Gasteiger partial charge in [-0.05, 0) is 43.4 Å². The van der Waals surface area contributed by atoms with Gasteiger partial charge in [0.2, 0.25) is 0 Å². The van der Waals surface area contributed by atoms with Crippen molar-refractivity contribution in [1.29, 1.82) is 0 Å². The van der Waals surface area contributed by atoms with E-state index in [4.69, 9.17) is 14.2 Å². The number of carbonyl (C=O) groups is 1. The van der Waals surface area contributed by atoms with Gasteiger partial charge in [0.1, 0.15) is 5.75 Å². The molecule has 20 heavy (non-hydrogen) atoms. The molecule has 1 saturated heterocycles. The Bertz CT molecular complexity index is 424. The molecule has 1 aliphatic heterocycles. The van der Waals surface area contributed by atoms with Gasteiger partial charge in [-0.15, -0.1) is 0 Å². The van der Waals surface area contributed by atoms with Gasteiger partial charge >= 0.3 is 5.97 Å². The number of esters is 1. The Kier molecular flexibility index (Phi) is 5.87. The molecule has 0 saturated carbocycles. The largest absolute Gasteiger partial charge is 0.497 e. The van der Waals surface area contributed by atoms with Crippen LogP contribution in [0.25, 0.3) is 0 Å². The minimum atomic E-state index is -0.115. The van der Waals surface area contributed by atoms with Gasteiger partial charge in [-0.1, -0.05) is 12.1 Å². The first-order valence-electron chi connectivity index (χ1n) is 7.17. The van der Waals surface area contributed by atoms with Crippen molar-refractivity contribution < 1.29 is 19.0 Å². The van der Waals surface area contributed by atoms with Gasteiger partial charge in [0.15, 0.2) is 0 Å². The van der Waals surface area contributed by atoms with Crippen molar-refractivity contribution in [3.63, 3.8) is 0 Å². The third-order valence-electron chi connectivity index (χ3n) is 3.48. The zero-order chi connectivity index (χ0) is 14.2. The summed E-state index contributed by atoms with van der Waals surface area (Å²) in [6, 6.07) is 7.96. The van der Waals surface area contributed by atoms with Crippen molar-refractivity contribution in [2.24, 2.45) is 5.92 Å². The van der Waals surface area contributed by atoms with E-state index >= 15 is 0 Å². The van der Waals surface area contributed by atoms with Gasteiger partial charge in [-0.25, -0.2) is 0 Å². The highest BCUT2D eigenvalue weighted by molar-refractivity contribution is 5.72. The summed E-state index contributed by atoms with van der Waals surface area (Å²) in [4.78, 5) is 11.8. The summed E-state index contributed by atoms with van der Waals surface area (Å²) in [5.74, 6) is 0.676. The zero-order valence-electron chi connectivity index (χ0n) is 12.0. The van der Waals surface area contributed by atoms with E-state index < -0.39 is 0 Å². The number of hydrogen-bond donors (Lipinski definition) is 0. The SMILES string of the molecule is COc1cccc(CCCOC(=O)[C@H]2CCCOC2)c1. The molecule has 1 aliphatic rings. The maximum Gasteiger partial charge on any atom is 0.311 e. The lowest BCUT2D eigenvalue weighted by atomic mass is 10.0. The van der Waals surface area contributed by atoms with Crippen LogP contribution in [0, 0.1) is 5.92 Å². The molecule has 0 radical (unpaired) electrons. The molecule has 0 aromatic heterocycles. The summed E-state index contributed by atoms with van der Waals surface area (Å²) in [7, 11) is 1.66. The molecule has 0 unspecified atom stereocenters. The van der Waals surface area contributed by atoms with Crippen molar-refractivity contribution in [2.75, 3.05) is 26.9 Å². The molecule has 0 bridgehead atoms. The molecule has 4 heteroatoms. The molecule has 0 spiro atoms. The predicted molar refractivity (Wildman–Crippen MR) is 75.8 cm³/mol. The normalized spacial score (nSPS) is 18.6. The van der Waals surface area contributed by atoms with E-state index in [0.717, 1.165) is 38.0 Å². The second kappa shape index (κ2) is 7.90. The molecule has 1 heterocycles. The van der Waals surface area contributed by atoms with Gasteiger partial charge in [0.05, 0.1) is 26.2 Å². The second-order valence-electron chi connectivity index (χ2n) is 5.04. The third kappa shape index (κ3) is 4.53. The number of benzene rings is 1. The van der Waals surface area contributed by atoms with E-state index in [2.05, 4.69) is 6.07 Å². The molecular weight excluding hydrogens is 256 g/mol. The number of aryl methyl sites for hydroxylation is 1. The molecule has 0 N–H and O–H groups in total. The lowest BCUT2D eigenvalue weighted by molar-refractivity contribution is -0.153. The summed E-state index contributed by atoms with van der Waals surface area (Å²) in [5, 5.41) is 0. The standard InChI is InChI=1S/C16H22O4/c1-18-15-8-2-5-13(11-15)6-3-10-20-16(17)14-7-4-9-19-12-14/h2,5,8,11,14H,3-4,6-7,9-10,12H2,1H3/t14-/m0/s1. The molecule has 4 nitrogen and oxygen atoms in total. The van der Waals surface area contributed by atoms with Gasteiger partial charge < -0.3 is 14.2 Å². The van der Waals surface area contributed by atoms with Crippen molar-refractivity contribution in [2.45, 2.75) is 25.7 Å². The summed E-state index contributed by atoms with van der Waals surface area (Å²) < 4.78 is 15.8. The number of hydrogen-bond acceptors (Lipinski definition) is 4. The Morgan fingerprint density at radius 1 is 1.45 bits per heavy atom. The molecule has 1 aromatic carbocycles. The maximum absolute atomic E-state index is 11.8. The summed E-state index contributed by atoms with van der Waals surface area (Å²) in [6.07, 6.45) is 3.54. The minimum Gasteiger partial charge on any atom is -0.497 e. The lowest BCUT2D eigenvalue weighted by Crippen LogP contribution is -2.27. The lowest BCUT2D eigenvalue weighted by Gasteiger charge is -2.20. The van der Waals surface area contributed by atoms with Gasteiger partial charge in [-0.2, -0.15) is 0 Å². The third-order valence-corrected chi connectivity index (χ3v) is 3.48. The van der Waals surface area contributed by atoms with Crippen LogP contribution in [0.5, 0.6) is 5.75 Å². The fourth-order valence-electron chi connectivity index (χ4n) is 2.32. The first-order valence-corrected chi connectivity index (χ1v) is 7.17. The van der Waals surface area contributed by atoms with Gasteiger partial charge in [-0.3, -0.25) is 4.79 Å². The Morgan fingerprint density at radius 2 is 2.35 bits per heavy atom. The predicted octanol–water partition coefficient (Wildman–Crippen LogP) is 2.60. The van der Waals surface area contributed by atoms with Crippen LogP contribution in [0.4, 0.5) is 0 Å². The molecule has 2 rings (SSSR count). The maximum atomic E-state index is 11.8. The van der Waals surface area contributed by atoms with E-state index in [0.29, 0.717) is 13.2 Å². The van der Waals surface area contributed by atoms with E-state index in [1.807, 2.05) is 18.2 Å². The first-order chi connectivity index (χ1) is 9.79. The van der Waals surface area contributed by atoms with Crippen LogP contribution in [0.3, 0.4) is 0 Å². The molecule has 1 atom stereocenters. The van der Waals surface area contributed by atoms with E-state index in [1.54, 1.807) is 7.11 Å². The fraction of sp³-hybridized carbons (Fsp3) is 0.562. The Hall–Kier alpha value is -1.55. The van der Waals surface area contributed by atoms with Crippen LogP contribution in [0.1, 0.15) is 24.8 Å².